The summed E-state index contributed by atoms with van der Waals surface area (Å²) in [6.45, 7) is 2.68. The highest BCUT2D eigenvalue weighted by atomic mass is 19.4. The lowest BCUT2D eigenvalue weighted by molar-refractivity contribution is -0.231. The number of rotatable bonds is 7. The molecule has 2 aliphatic heterocycles. The first-order chi connectivity index (χ1) is 21.1. The predicted octanol–water partition coefficient (Wildman–Crippen LogP) is 3.95. The zero-order valence-corrected chi connectivity index (χ0v) is 24.2. The predicted molar refractivity (Wildman–Crippen MR) is 147 cm³/mol. The van der Waals surface area contributed by atoms with Gasteiger partial charge in [-0.3, -0.25) is 14.7 Å². The van der Waals surface area contributed by atoms with Crippen molar-refractivity contribution in [1.29, 1.82) is 0 Å². The van der Waals surface area contributed by atoms with E-state index in [0.29, 0.717) is 24.2 Å². The maximum Gasteiger partial charge on any atom is 0.416 e. The van der Waals surface area contributed by atoms with E-state index < -0.39 is 59.4 Å². The fourth-order valence-electron chi connectivity index (χ4n) is 4.97. The van der Waals surface area contributed by atoms with Gasteiger partial charge in [-0.2, -0.15) is 31.4 Å². The van der Waals surface area contributed by atoms with Gasteiger partial charge in [0.05, 0.1) is 36.4 Å². The molecule has 2 fully saturated rings. The van der Waals surface area contributed by atoms with Gasteiger partial charge in [-0.25, -0.2) is 14.3 Å². The Kier molecular flexibility index (Phi) is 12.1. The van der Waals surface area contributed by atoms with Crippen LogP contribution in [-0.2, 0) is 33.2 Å². The number of nitrogens with zero attached hydrogens (tertiary/aromatic N) is 2. The average Bonchev–Trinajstić information content (AvgIpc) is 3.65. The molecule has 11 nitrogen and oxygen atoms in total. The minimum atomic E-state index is -5.01. The summed E-state index contributed by atoms with van der Waals surface area (Å²) < 4.78 is 105. The highest BCUT2D eigenvalue weighted by molar-refractivity contribution is 5.73. The van der Waals surface area contributed by atoms with Crippen molar-refractivity contribution in [2.75, 3.05) is 19.7 Å². The average molecular weight is 668 g/mol. The molecule has 46 heavy (non-hydrogen) atoms. The first kappa shape index (κ1) is 36.6. The number of morpholine rings is 1. The fraction of sp³-hybridized carbons (Fsp3) is 0.464. The van der Waals surface area contributed by atoms with Crippen molar-refractivity contribution in [3.8, 4) is 0 Å². The molecular weight excluding hydrogens is 635 g/mol. The SMILES string of the molecule is C[C@@H](O[C@H]1OCCN(Cc2n[nH]c(=O)[nH]2)[C@H]1c1ccc(F)cc1)c1cc(C(F)(F)F)cc(C(F)(F)F)c1.O.O=C(O)[C@@H]1CCCN1. The highest BCUT2D eigenvalue weighted by Crippen LogP contribution is 2.39. The summed E-state index contributed by atoms with van der Waals surface area (Å²) in [7, 11) is 0. The third kappa shape index (κ3) is 9.58. The number of benzene rings is 2. The molecule has 2 aromatic carbocycles. The number of aromatic nitrogens is 3. The van der Waals surface area contributed by atoms with Crippen LogP contribution in [0.2, 0.25) is 0 Å². The second kappa shape index (κ2) is 15.2. The molecule has 3 heterocycles. The van der Waals surface area contributed by atoms with Crippen molar-refractivity contribution in [2.24, 2.45) is 0 Å². The Morgan fingerprint density at radius 1 is 1.11 bits per heavy atom. The molecule has 0 amide bonds. The maximum absolute atomic E-state index is 13.6. The standard InChI is InChI=1S/C23H21F7N4O3.C5H9NO2.H2O/c1-12(14-8-15(22(25,26)27)10-16(9-14)23(28,29)30)37-20-19(13-2-4-17(24)5-3-13)34(6-7-36-20)11-18-31-21(35)33-32-18;7-5(8)4-2-1-3-6-4;/h2-5,8-10,12,19-20H,6-7,11H2,1H3,(H2,31,32,33,35);4,6H,1-3H2,(H,7,8);1H2/t12-,19+,20-;4-;/m10./s1. The van der Waals surface area contributed by atoms with Crippen molar-refractivity contribution in [1.82, 2.24) is 25.4 Å². The van der Waals surface area contributed by atoms with Crippen LogP contribution in [0.15, 0.2) is 47.3 Å². The number of hydrogen-bond acceptors (Lipinski definition) is 7. The van der Waals surface area contributed by atoms with Gasteiger partial charge in [0.25, 0.3) is 0 Å². The van der Waals surface area contributed by atoms with Gasteiger partial charge < -0.3 is 25.4 Å². The molecule has 254 valence electrons. The lowest BCUT2D eigenvalue weighted by Crippen LogP contribution is -2.46. The Morgan fingerprint density at radius 3 is 2.22 bits per heavy atom. The molecule has 18 heteroatoms. The molecule has 0 unspecified atom stereocenters. The second-order valence-corrected chi connectivity index (χ2v) is 10.4. The van der Waals surface area contributed by atoms with Crippen LogP contribution in [0.3, 0.4) is 0 Å². The molecule has 0 saturated carbocycles. The van der Waals surface area contributed by atoms with Gasteiger partial charge in [-0.15, -0.1) is 0 Å². The van der Waals surface area contributed by atoms with Gasteiger partial charge in [-0.1, -0.05) is 12.1 Å². The Hall–Kier alpha value is -3.84. The van der Waals surface area contributed by atoms with Crippen LogP contribution in [0.1, 0.15) is 60.0 Å². The monoisotopic (exact) mass is 667 g/mol. The highest BCUT2D eigenvalue weighted by Gasteiger charge is 2.39. The van der Waals surface area contributed by atoms with Crippen molar-refractivity contribution in [2.45, 2.75) is 63.1 Å². The first-order valence-electron chi connectivity index (χ1n) is 13.8. The molecular formula is C28H32F7N5O6. The van der Waals surface area contributed by atoms with E-state index in [-0.39, 0.29) is 42.1 Å². The summed E-state index contributed by atoms with van der Waals surface area (Å²) in [5.41, 5.74) is -3.30. The number of ether oxygens (including phenoxy) is 2. The minimum Gasteiger partial charge on any atom is -0.480 e. The van der Waals surface area contributed by atoms with Crippen LogP contribution in [0.5, 0.6) is 0 Å². The fourth-order valence-corrected chi connectivity index (χ4v) is 4.97. The van der Waals surface area contributed by atoms with Crippen LogP contribution in [-0.4, -0.2) is 68.7 Å². The van der Waals surface area contributed by atoms with Crippen molar-refractivity contribution in [3.63, 3.8) is 0 Å². The van der Waals surface area contributed by atoms with Crippen molar-refractivity contribution < 1.29 is 55.6 Å². The summed E-state index contributed by atoms with van der Waals surface area (Å²) >= 11 is 0. The third-order valence-corrected chi connectivity index (χ3v) is 7.20. The summed E-state index contributed by atoms with van der Waals surface area (Å²) in [6.07, 6.45) is -10.6. The third-order valence-electron chi connectivity index (χ3n) is 7.20. The van der Waals surface area contributed by atoms with E-state index in [9.17, 15) is 40.3 Å². The lowest BCUT2D eigenvalue weighted by atomic mass is 10.0. The summed E-state index contributed by atoms with van der Waals surface area (Å²) in [4.78, 5) is 25.9. The normalized spacial score (nSPS) is 21.2. The lowest BCUT2D eigenvalue weighted by Gasteiger charge is -2.41. The van der Waals surface area contributed by atoms with Crippen LogP contribution >= 0.6 is 0 Å². The quantitative estimate of drug-likeness (QED) is 0.275. The molecule has 2 aliphatic rings. The van der Waals surface area contributed by atoms with Crippen LogP contribution in [0.25, 0.3) is 0 Å². The number of nitrogens with one attached hydrogen (secondary N) is 3. The van der Waals surface area contributed by atoms with Crippen LogP contribution in [0.4, 0.5) is 30.7 Å². The Balaban J connectivity index is 0.000000559. The largest absolute Gasteiger partial charge is 0.480 e. The molecule has 1 aromatic heterocycles. The van der Waals surface area contributed by atoms with E-state index in [1.807, 2.05) is 0 Å². The summed E-state index contributed by atoms with van der Waals surface area (Å²) in [5, 5.41) is 17.3. The topological polar surface area (TPSA) is 164 Å². The number of aliphatic carboxylic acids is 1. The molecule has 4 atom stereocenters. The Bertz CT molecular complexity index is 1460. The number of alkyl halides is 6. The van der Waals surface area contributed by atoms with Gasteiger partial charge in [-0.05, 0) is 67.8 Å². The molecule has 3 aromatic rings. The van der Waals surface area contributed by atoms with Crippen LogP contribution in [0, 0.1) is 5.82 Å². The first-order valence-corrected chi connectivity index (χ1v) is 13.8. The number of carboxylic acid groups (broad SMARTS) is 1. The molecule has 6 N–H and O–H groups in total. The van der Waals surface area contributed by atoms with Crippen molar-refractivity contribution in [3.05, 3.63) is 86.8 Å². The van der Waals surface area contributed by atoms with E-state index in [1.165, 1.54) is 31.2 Å². The number of H-pyrrole nitrogens is 2. The van der Waals surface area contributed by atoms with Gasteiger partial charge in [0.15, 0.2) is 6.29 Å². The maximum atomic E-state index is 13.6. The Morgan fingerprint density at radius 2 is 1.74 bits per heavy atom. The van der Waals surface area contributed by atoms with E-state index in [2.05, 4.69) is 20.5 Å². The molecule has 2 saturated heterocycles. The van der Waals surface area contributed by atoms with Gasteiger partial charge in [0.2, 0.25) is 0 Å². The number of carboxylic acids is 1. The number of aromatic amines is 2. The minimum absolute atomic E-state index is 0. The zero-order valence-electron chi connectivity index (χ0n) is 24.2. The van der Waals surface area contributed by atoms with Gasteiger partial charge in [0, 0.05) is 6.54 Å². The molecule has 0 bridgehead atoms. The molecule has 5 rings (SSSR count). The summed E-state index contributed by atoms with van der Waals surface area (Å²) in [5.74, 6) is -0.959. The molecule has 0 radical (unpaired) electrons. The van der Waals surface area contributed by atoms with Gasteiger partial charge in [0.1, 0.15) is 17.7 Å². The number of carbonyl (C=O) groups is 1. The second-order valence-electron chi connectivity index (χ2n) is 10.4. The van der Waals surface area contributed by atoms with Crippen molar-refractivity contribution >= 4 is 5.97 Å². The van der Waals surface area contributed by atoms with E-state index in [4.69, 9.17) is 14.6 Å². The van der Waals surface area contributed by atoms with E-state index in [1.54, 1.807) is 4.90 Å². The summed E-state index contributed by atoms with van der Waals surface area (Å²) in [6, 6.07) is 5.53. The Labute approximate surface area is 257 Å². The van der Waals surface area contributed by atoms with Gasteiger partial charge >= 0.3 is 24.0 Å². The van der Waals surface area contributed by atoms with E-state index in [0.717, 1.165) is 19.4 Å². The van der Waals surface area contributed by atoms with Crippen LogP contribution < -0.4 is 11.0 Å². The van der Waals surface area contributed by atoms with E-state index >= 15 is 0 Å². The molecule has 0 spiro atoms. The molecule has 0 aliphatic carbocycles. The zero-order chi connectivity index (χ0) is 32.9. The smallest absolute Gasteiger partial charge is 0.416 e. The number of hydrogen-bond donors (Lipinski definition) is 4. The number of halogens is 7.